The zero-order valence-electron chi connectivity index (χ0n) is 51.7. The van der Waals surface area contributed by atoms with Crippen LogP contribution in [-0.4, -0.2) is 29.1 Å². The third-order valence-electron chi connectivity index (χ3n) is 18.8. The Kier molecular flexibility index (Phi) is 12.7. The van der Waals surface area contributed by atoms with Gasteiger partial charge in [0.1, 0.15) is 33.6 Å². The van der Waals surface area contributed by atoms with Crippen LogP contribution in [0.5, 0.6) is 0 Å². The van der Waals surface area contributed by atoms with Crippen LogP contribution >= 0.6 is 0 Å². The molecule has 0 aliphatic carbocycles. The fourth-order valence-corrected chi connectivity index (χ4v) is 14.4. The molecule has 6 aromatic heterocycles. The van der Waals surface area contributed by atoms with Gasteiger partial charge in [-0.3, -0.25) is 0 Å². The highest BCUT2D eigenvalue weighted by atomic mass is 16.3. The molecule has 0 saturated heterocycles. The van der Waals surface area contributed by atoms with Crippen LogP contribution in [0.25, 0.3) is 188 Å². The van der Waals surface area contributed by atoms with Crippen molar-refractivity contribution >= 4 is 109 Å². The number of furan rings is 2. The maximum Gasteiger partial charge on any atom is 0.180 e. The molecule has 0 aliphatic heterocycles. The zero-order chi connectivity index (χ0) is 63.2. The molecule has 0 bridgehead atoms. The monoisotopic (exact) mass is 1230 g/mol. The lowest BCUT2D eigenvalue weighted by Gasteiger charge is -2.10. The van der Waals surface area contributed by atoms with Crippen molar-refractivity contribution in [1.29, 1.82) is 0 Å². The number of aromatic nitrogens is 6. The van der Waals surface area contributed by atoms with Crippen molar-refractivity contribution in [2.45, 2.75) is 0 Å². The number of hydrogen-bond donors (Lipinski definition) is 0. The lowest BCUT2D eigenvalue weighted by Crippen LogP contribution is -1.94. The molecular weight excluding hydrogens is 1170 g/mol. The minimum atomic E-state index is 0.674. The van der Waals surface area contributed by atoms with Crippen LogP contribution in [0.15, 0.2) is 336 Å². The molecule has 0 radical (unpaired) electrons. The first-order valence-corrected chi connectivity index (χ1v) is 32.3. The minimum Gasteiger partial charge on any atom is -0.451 e. The van der Waals surface area contributed by atoms with Gasteiger partial charge < -0.3 is 18.0 Å². The Bertz CT molecular complexity index is 6360. The molecule has 96 heavy (non-hydrogen) atoms. The van der Waals surface area contributed by atoms with E-state index in [1.807, 2.05) is 36.4 Å². The topological polar surface area (TPSA) is 87.7 Å². The van der Waals surface area contributed by atoms with Crippen molar-refractivity contribution in [2.24, 2.45) is 0 Å². The van der Waals surface area contributed by atoms with E-state index in [0.717, 1.165) is 116 Å². The van der Waals surface area contributed by atoms with Gasteiger partial charge in [-0.25, -0.2) is 19.9 Å². The Hall–Kier alpha value is -13.0. The van der Waals surface area contributed by atoms with E-state index in [0.29, 0.717) is 22.8 Å². The number of fused-ring (bicyclic) bond motifs is 14. The van der Waals surface area contributed by atoms with E-state index in [-0.39, 0.29) is 0 Å². The molecule has 0 unspecified atom stereocenters. The van der Waals surface area contributed by atoms with Gasteiger partial charge in [-0.2, -0.15) is 0 Å². The van der Waals surface area contributed by atoms with Crippen molar-refractivity contribution in [1.82, 2.24) is 29.1 Å². The summed E-state index contributed by atoms with van der Waals surface area (Å²) in [7, 11) is 0. The van der Waals surface area contributed by atoms with E-state index in [4.69, 9.17) is 28.8 Å². The summed E-state index contributed by atoms with van der Waals surface area (Å²) in [4.78, 5) is 20.6. The van der Waals surface area contributed by atoms with Crippen LogP contribution in [0.4, 0.5) is 0 Å². The van der Waals surface area contributed by atoms with Crippen LogP contribution < -0.4 is 0 Å². The zero-order valence-corrected chi connectivity index (χ0v) is 51.7. The van der Waals surface area contributed by atoms with Gasteiger partial charge in [-0.15, -0.1) is 0 Å². The summed E-state index contributed by atoms with van der Waals surface area (Å²) in [6.07, 6.45) is 0. The summed E-state index contributed by atoms with van der Waals surface area (Å²) < 4.78 is 18.5. The number of nitrogens with zero attached hydrogens (tertiary/aromatic N) is 6. The second-order valence-electron chi connectivity index (χ2n) is 24.4. The molecule has 0 saturated carbocycles. The Morgan fingerprint density at radius 1 is 0.219 bits per heavy atom. The predicted octanol–water partition coefficient (Wildman–Crippen LogP) is 23.3. The van der Waals surface area contributed by atoms with Gasteiger partial charge in [0.25, 0.3) is 0 Å². The summed E-state index contributed by atoms with van der Waals surface area (Å²) in [6, 6.07) is 115. The molecular formula is C88H54N6O2. The predicted molar refractivity (Wildman–Crippen MR) is 395 cm³/mol. The van der Waals surface area contributed by atoms with E-state index in [1.165, 1.54) is 49.0 Å². The highest BCUT2D eigenvalue weighted by Gasteiger charge is 2.24. The summed E-state index contributed by atoms with van der Waals surface area (Å²) in [5, 5.41) is 11.5. The molecule has 0 aliphatic rings. The van der Waals surface area contributed by atoms with Crippen LogP contribution in [0, 0.1) is 0 Å². The Morgan fingerprint density at radius 3 is 1.11 bits per heavy atom. The number of hydrogen-bond acceptors (Lipinski definition) is 6. The standard InChI is InChI=1S/2C44H27N3O/c1-2-14-29(15-3-1)44-45-40(36-23-11-16-28-13-4-5-19-32(28)36)43-41(46-44)37-24-12-22-33(42(37)48-43)30-17-10-18-31(27-30)47-38-25-8-6-20-34(38)35-21-7-9-26-39(35)47;1-2-13-29(14-3-1)44-45-40(32-25-24-28-12-4-5-15-30(28)26-32)43-41(46-44)37-21-11-20-34(42(37)48-43)31-16-10-17-33(27-31)47-38-22-8-6-18-35(38)36-19-7-9-23-39(36)47/h2*1-27H. The van der Waals surface area contributed by atoms with Crippen LogP contribution in [0.2, 0.25) is 0 Å². The molecule has 0 fully saturated rings. The molecule has 448 valence electrons. The normalized spacial score (nSPS) is 11.8. The van der Waals surface area contributed by atoms with Gasteiger partial charge in [0.15, 0.2) is 22.8 Å². The van der Waals surface area contributed by atoms with E-state index in [9.17, 15) is 0 Å². The molecule has 6 heterocycles. The molecule has 14 aromatic carbocycles. The summed E-state index contributed by atoms with van der Waals surface area (Å²) >= 11 is 0. The molecule has 20 aromatic rings. The lowest BCUT2D eigenvalue weighted by atomic mass is 10.0. The van der Waals surface area contributed by atoms with Gasteiger partial charge in [0, 0.05) is 77.1 Å². The third kappa shape index (κ3) is 8.99. The second kappa shape index (κ2) is 22.4. The van der Waals surface area contributed by atoms with E-state index < -0.39 is 0 Å². The summed E-state index contributed by atoms with van der Waals surface area (Å²) in [6.45, 7) is 0. The maximum absolute atomic E-state index is 6.90. The van der Waals surface area contributed by atoms with E-state index >= 15 is 0 Å². The fraction of sp³-hybridized carbons (Fsp3) is 0. The first-order chi connectivity index (χ1) is 47.6. The van der Waals surface area contributed by atoms with Crippen LogP contribution in [0.3, 0.4) is 0 Å². The molecule has 0 spiro atoms. The van der Waals surface area contributed by atoms with Crippen LogP contribution in [-0.2, 0) is 0 Å². The van der Waals surface area contributed by atoms with Gasteiger partial charge in [0.05, 0.1) is 22.1 Å². The van der Waals surface area contributed by atoms with E-state index in [2.05, 4.69) is 300 Å². The Morgan fingerprint density at radius 2 is 0.594 bits per heavy atom. The smallest absolute Gasteiger partial charge is 0.180 e. The third-order valence-corrected chi connectivity index (χ3v) is 18.8. The Balaban J connectivity index is 0.000000135. The van der Waals surface area contributed by atoms with Gasteiger partial charge in [0.2, 0.25) is 0 Å². The van der Waals surface area contributed by atoms with Crippen molar-refractivity contribution in [3.63, 3.8) is 0 Å². The number of rotatable bonds is 8. The molecule has 20 rings (SSSR count). The van der Waals surface area contributed by atoms with Crippen molar-refractivity contribution in [2.75, 3.05) is 0 Å². The molecule has 0 N–H and O–H groups in total. The number of para-hydroxylation sites is 6. The average Bonchev–Trinajstić information content (AvgIpc) is 1.58. The van der Waals surface area contributed by atoms with Gasteiger partial charge >= 0.3 is 0 Å². The molecule has 0 atom stereocenters. The minimum absolute atomic E-state index is 0.674. The van der Waals surface area contributed by atoms with Gasteiger partial charge in [-0.1, -0.05) is 261 Å². The molecule has 0 amide bonds. The van der Waals surface area contributed by atoms with Gasteiger partial charge in [-0.05, 0) is 99.4 Å². The molecule has 8 heteroatoms. The highest BCUT2D eigenvalue weighted by molar-refractivity contribution is 6.15. The van der Waals surface area contributed by atoms with E-state index in [1.54, 1.807) is 0 Å². The first kappa shape index (κ1) is 54.7. The summed E-state index contributed by atoms with van der Waals surface area (Å²) in [5.74, 6) is 1.35. The summed E-state index contributed by atoms with van der Waals surface area (Å²) in [5.41, 5.74) is 21.2. The molecule has 8 nitrogen and oxygen atoms in total. The van der Waals surface area contributed by atoms with Crippen molar-refractivity contribution in [3.05, 3.63) is 328 Å². The van der Waals surface area contributed by atoms with Crippen LogP contribution in [0.1, 0.15) is 0 Å². The van der Waals surface area contributed by atoms with Crippen molar-refractivity contribution < 1.29 is 8.83 Å². The lowest BCUT2D eigenvalue weighted by molar-refractivity contribution is 0.668. The SMILES string of the molecule is c1ccc(-c2nc(-c3ccc4ccccc4c3)c3oc4c(-c5cccc(-n6c7ccccc7c7ccccc76)c5)cccc4c3n2)cc1.c1ccc(-c2nc(-c3cccc4ccccc34)c3oc4c(-c5cccc(-n6c7ccccc7c7ccccc76)c5)cccc4c3n2)cc1. The first-order valence-electron chi connectivity index (χ1n) is 32.3. The maximum atomic E-state index is 6.90. The quantitative estimate of drug-likeness (QED) is 0.151. The van der Waals surface area contributed by atoms with Crippen molar-refractivity contribution in [3.8, 4) is 78.9 Å². The Labute approximate surface area is 550 Å². The average molecular weight is 1230 g/mol. The highest BCUT2D eigenvalue weighted by Crippen LogP contribution is 2.45. The number of benzene rings is 14. The largest absolute Gasteiger partial charge is 0.451 e. The second-order valence-corrected chi connectivity index (χ2v) is 24.4. The fourth-order valence-electron chi connectivity index (χ4n) is 14.4.